The number of nitrogens with two attached hydrogens (primary N) is 1. The van der Waals surface area contributed by atoms with Gasteiger partial charge in [-0.05, 0) is 6.07 Å². The second kappa shape index (κ2) is 3.96. The van der Waals surface area contributed by atoms with Crippen molar-refractivity contribution in [3.63, 3.8) is 0 Å². The van der Waals surface area contributed by atoms with Gasteiger partial charge in [0, 0.05) is 11.6 Å². The Balaban J connectivity index is 2.46. The van der Waals surface area contributed by atoms with E-state index in [0.29, 0.717) is 10.7 Å². The van der Waals surface area contributed by atoms with Crippen molar-refractivity contribution in [3.05, 3.63) is 39.4 Å². The molecule has 2 aromatic rings. The van der Waals surface area contributed by atoms with Crippen LogP contribution in [0.15, 0.2) is 23.2 Å². The number of thiazole rings is 1. The molecule has 0 radical (unpaired) electrons. The molecule has 0 atom stereocenters. The fourth-order valence-electron chi connectivity index (χ4n) is 1.09. The van der Waals surface area contributed by atoms with Gasteiger partial charge in [-0.3, -0.25) is 4.79 Å². The Morgan fingerprint density at radius 3 is 2.93 bits per heavy atom. The average molecular weight is 240 g/mol. The minimum Gasteiger partial charge on any atom is -0.383 e. The molecule has 0 saturated carbocycles. The fourth-order valence-corrected chi connectivity index (χ4v) is 1.78. The van der Waals surface area contributed by atoms with Crippen LogP contribution in [-0.2, 0) is 0 Å². The number of pyridine rings is 1. The molecular weight excluding hydrogens is 234 g/mol. The van der Waals surface area contributed by atoms with E-state index in [-0.39, 0.29) is 17.2 Å². The Morgan fingerprint density at radius 2 is 2.27 bits per heavy atom. The summed E-state index contributed by atoms with van der Waals surface area (Å²) in [5.41, 5.74) is 7.81. The summed E-state index contributed by atoms with van der Waals surface area (Å²) < 4.78 is 0. The lowest BCUT2D eigenvalue weighted by molar-refractivity contribution is 0.103. The number of hydrogen-bond donors (Lipinski definition) is 1. The molecule has 0 aliphatic heterocycles. The monoisotopic (exact) mass is 239 g/mol. The first kappa shape index (κ1) is 10.1. The highest BCUT2D eigenvalue weighted by molar-refractivity contribution is 7.07. The summed E-state index contributed by atoms with van der Waals surface area (Å²) in [4.78, 5) is 19.6. The van der Waals surface area contributed by atoms with Crippen molar-refractivity contribution in [3.8, 4) is 0 Å². The summed E-state index contributed by atoms with van der Waals surface area (Å²) in [6.45, 7) is 0. The average Bonchev–Trinajstić information content (AvgIpc) is 2.74. The van der Waals surface area contributed by atoms with Crippen molar-refractivity contribution in [2.24, 2.45) is 0 Å². The third-order valence-electron chi connectivity index (χ3n) is 1.79. The lowest BCUT2D eigenvalue weighted by Crippen LogP contribution is -2.07. The van der Waals surface area contributed by atoms with Crippen LogP contribution >= 0.6 is 22.9 Å². The minimum atomic E-state index is -0.260. The third kappa shape index (κ3) is 1.98. The number of ketones is 1. The Kier molecular flexibility index (Phi) is 2.66. The summed E-state index contributed by atoms with van der Waals surface area (Å²) in [5, 5.41) is 2.03. The van der Waals surface area contributed by atoms with Gasteiger partial charge in [-0.25, -0.2) is 9.97 Å². The van der Waals surface area contributed by atoms with Crippen LogP contribution < -0.4 is 5.73 Å². The maximum Gasteiger partial charge on any atom is 0.215 e. The van der Waals surface area contributed by atoms with E-state index in [1.54, 1.807) is 10.9 Å². The standard InChI is InChI=1S/C9H6ClN3OS/c10-5-1-6(9(11)12-2-5)8(14)7-3-15-4-13-7/h1-4H,(H2,11,12). The van der Waals surface area contributed by atoms with Crippen LogP contribution in [0.25, 0.3) is 0 Å². The van der Waals surface area contributed by atoms with Gasteiger partial charge in [-0.1, -0.05) is 11.6 Å². The fraction of sp³-hybridized carbons (Fsp3) is 0. The van der Waals surface area contributed by atoms with E-state index in [1.807, 2.05) is 0 Å². The van der Waals surface area contributed by atoms with Gasteiger partial charge >= 0.3 is 0 Å². The molecule has 0 aliphatic rings. The summed E-state index contributed by atoms with van der Waals surface area (Å²) in [5.74, 6) is -0.0962. The van der Waals surface area contributed by atoms with Crippen molar-refractivity contribution >= 4 is 34.5 Å². The third-order valence-corrected chi connectivity index (χ3v) is 2.59. The van der Waals surface area contributed by atoms with Gasteiger partial charge in [0.25, 0.3) is 0 Å². The molecule has 0 bridgehead atoms. The second-order valence-corrected chi connectivity index (χ2v) is 3.94. The molecule has 2 aromatic heterocycles. The molecule has 6 heteroatoms. The van der Waals surface area contributed by atoms with Crippen LogP contribution in [0.1, 0.15) is 16.1 Å². The smallest absolute Gasteiger partial charge is 0.215 e. The number of nitrogens with zero attached hydrogens (tertiary/aromatic N) is 2. The zero-order valence-electron chi connectivity index (χ0n) is 7.48. The van der Waals surface area contributed by atoms with Gasteiger partial charge < -0.3 is 5.73 Å². The number of carbonyl (C=O) groups excluding carboxylic acids is 1. The van der Waals surface area contributed by atoms with E-state index < -0.39 is 0 Å². The first-order valence-electron chi connectivity index (χ1n) is 4.02. The number of rotatable bonds is 2. The SMILES string of the molecule is Nc1ncc(Cl)cc1C(=O)c1cscn1. The molecule has 0 aliphatic carbocycles. The molecule has 0 saturated heterocycles. The Bertz CT molecular complexity index is 498. The van der Waals surface area contributed by atoms with Crippen LogP contribution in [-0.4, -0.2) is 15.8 Å². The van der Waals surface area contributed by atoms with Crippen molar-refractivity contribution in [2.45, 2.75) is 0 Å². The molecule has 4 nitrogen and oxygen atoms in total. The van der Waals surface area contributed by atoms with Crippen LogP contribution in [0.3, 0.4) is 0 Å². The topological polar surface area (TPSA) is 68.9 Å². The van der Waals surface area contributed by atoms with Crippen molar-refractivity contribution in [1.82, 2.24) is 9.97 Å². The molecule has 0 spiro atoms. The summed E-state index contributed by atoms with van der Waals surface area (Å²) in [6.07, 6.45) is 1.40. The lowest BCUT2D eigenvalue weighted by Gasteiger charge is -2.01. The van der Waals surface area contributed by atoms with E-state index in [2.05, 4.69) is 9.97 Å². The molecular formula is C9H6ClN3OS. The van der Waals surface area contributed by atoms with Crippen LogP contribution in [0, 0.1) is 0 Å². The highest BCUT2D eigenvalue weighted by atomic mass is 35.5. The molecule has 0 unspecified atom stereocenters. The minimum absolute atomic E-state index is 0.164. The molecule has 15 heavy (non-hydrogen) atoms. The predicted octanol–water partition coefficient (Wildman–Crippen LogP) is 2.00. The Hall–Kier alpha value is -1.46. The van der Waals surface area contributed by atoms with Gasteiger partial charge in [-0.2, -0.15) is 0 Å². The van der Waals surface area contributed by atoms with Crippen molar-refractivity contribution in [1.29, 1.82) is 0 Å². The molecule has 0 amide bonds. The Labute approximate surface area is 94.7 Å². The molecule has 2 rings (SSSR count). The van der Waals surface area contributed by atoms with Gasteiger partial charge in [0.15, 0.2) is 0 Å². The predicted molar refractivity (Wildman–Crippen MR) is 59.2 cm³/mol. The van der Waals surface area contributed by atoms with Crippen LogP contribution in [0.5, 0.6) is 0 Å². The largest absolute Gasteiger partial charge is 0.383 e. The highest BCUT2D eigenvalue weighted by Gasteiger charge is 2.15. The van der Waals surface area contributed by atoms with Crippen LogP contribution in [0.2, 0.25) is 5.02 Å². The number of aromatic nitrogens is 2. The molecule has 2 heterocycles. The number of anilines is 1. The van der Waals surface area contributed by atoms with E-state index in [9.17, 15) is 4.79 Å². The number of carbonyl (C=O) groups is 1. The Morgan fingerprint density at radius 1 is 1.47 bits per heavy atom. The van der Waals surface area contributed by atoms with E-state index in [0.717, 1.165) is 0 Å². The molecule has 0 aromatic carbocycles. The quantitative estimate of drug-likeness (QED) is 0.814. The highest BCUT2D eigenvalue weighted by Crippen LogP contribution is 2.18. The number of halogens is 1. The lowest BCUT2D eigenvalue weighted by atomic mass is 10.1. The van der Waals surface area contributed by atoms with Gasteiger partial charge in [-0.15, -0.1) is 11.3 Å². The number of hydrogen-bond acceptors (Lipinski definition) is 5. The van der Waals surface area contributed by atoms with E-state index >= 15 is 0 Å². The first-order chi connectivity index (χ1) is 7.18. The van der Waals surface area contributed by atoms with Gasteiger partial charge in [0.05, 0.1) is 16.1 Å². The van der Waals surface area contributed by atoms with Crippen molar-refractivity contribution in [2.75, 3.05) is 5.73 Å². The van der Waals surface area contributed by atoms with Gasteiger partial charge in [0.1, 0.15) is 11.5 Å². The number of nitrogen functional groups attached to an aromatic ring is 1. The summed E-state index contributed by atoms with van der Waals surface area (Å²) in [7, 11) is 0. The molecule has 2 N–H and O–H groups in total. The maximum absolute atomic E-state index is 11.8. The normalized spacial score (nSPS) is 10.2. The van der Waals surface area contributed by atoms with E-state index in [1.165, 1.54) is 23.6 Å². The van der Waals surface area contributed by atoms with Gasteiger partial charge in [0.2, 0.25) is 5.78 Å². The van der Waals surface area contributed by atoms with E-state index in [4.69, 9.17) is 17.3 Å². The van der Waals surface area contributed by atoms with Crippen LogP contribution in [0.4, 0.5) is 5.82 Å². The zero-order chi connectivity index (χ0) is 10.8. The summed E-state index contributed by atoms with van der Waals surface area (Å²) >= 11 is 7.08. The summed E-state index contributed by atoms with van der Waals surface area (Å²) in [6, 6.07) is 1.49. The van der Waals surface area contributed by atoms with Crippen molar-refractivity contribution < 1.29 is 4.79 Å². The molecule has 0 fully saturated rings. The molecule has 76 valence electrons. The first-order valence-corrected chi connectivity index (χ1v) is 5.34. The zero-order valence-corrected chi connectivity index (χ0v) is 9.05. The maximum atomic E-state index is 11.8. The second-order valence-electron chi connectivity index (χ2n) is 2.79.